The summed E-state index contributed by atoms with van der Waals surface area (Å²) < 4.78 is 4.99. The molecule has 0 aliphatic carbocycles. The van der Waals surface area contributed by atoms with Gasteiger partial charge in [0, 0.05) is 12.2 Å². The zero-order valence-electron chi connectivity index (χ0n) is 9.29. The zero-order chi connectivity index (χ0) is 10.8. The lowest BCUT2D eigenvalue weighted by atomic mass is 9.96. The molecule has 0 radical (unpaired) electrons. The van der Waals surface area contributed by atoms with Crippen LogP contribution in [-0.4, -0.2) is 18.3 Å². The highest BCUT2D eigenvalue weighted by Crippen LogP contribution is 2.16. The number of hydrogen-bond acceptors (Lipinski definition) is 3. The SMILES string of the molecule is CCCCC(CC)CC(=O)OCCS. The second kappa shape index (κ2) is 9.38. The normalized spacial score (nSPS) is 12.5. The fourth-order valence-corrected chi connectivity index (χ4v) is 1.49. The summed E-state index contributed by atoms with van der Waals surface area (Å²) in [5.41, 5.74) is 0. The van der Waals surface area contributed by atoms with Crippen molar-refractivity contribution in [1.82, 2.24) is 0 Å². The maximum Gasteiger partial charge on any atom is 0.306 e. The molecule has 0 heterocycles. The zero-order valence-corrected chi connectivity index (χ0v) is 10.2. The number of ether oxygens (including phenoxy) is 1. The molecule has 3 heteroatoms. The van der Waals surface area contributed by atoms with Gasteiger partial charge in [-0.25, -0.2) is 0 Å². The minimum Gasteiger partial charge on any atom is -0.465 e. The third-order valence-electron chi connectivity index (χ3n) is 2.35. The number of hydrogen-bond donors (Lipinski definition) is 1. The maximum atomic E-state index is 11.3. The molecule has 0 saturated heterocycles. The van der Waals surface area contributed by atoms with Crippen molar-refractivity contribution in [2.24, 2.45) is 5.92 Å². The Kier molecular flexibility index (Phi) is 9.26. The van der Waals surface area contributed by atoms with Crippen molar-refractivity contribution in [3.8, 4) is 0 Å². The molecule has 0 rings (SSSR count). The quantitative estimate of drug-likeness (QED) is 0.500. The topological polar surface area (TPSA) is 26.3 Å². The molecule has 2 nitrogen and oxygen atoms in total. The van der Waals surface area contributed by atoms with Gasteiger partial charge in [0.25, 0.3) is 0 Å². The van der Waals surface area contributed by atoms with Crippen molar-refractivity contribution in [1.29, 1.82) is 0 Å². The van der Waals surface area contributed by atoms with E-state index in [9.17, 15) is 4.79 Å². The molecule has 0 fully saturated rings. The Balaban J connectivity index is 3.62. The molecule has 0 amide bonds. The molecule has 0 aliphatic heterocycles. The smallest absolute Gasteiger partial charge is 0.306 e. The van der Waals surface area contributed by atoms with Crippen molar-refractivity contribution >= 4 is 18.6 Å². The first-order valence-electron chi connectivity index (χ1n) is 5.51. The fraction of sp³-hybridized carbons (Fsp3) is 0.909. The molecule has 0 aliphatic rings. The first-order chi connectivity index (χ1) is 6.74. The minimum absolute atomic E-state index is 0.0676. The average Bonchev–Trinajstić information content (AvgIpc) is 2.21. The minimum atomic E-state index is -0.0676. The first-order valence-corrected chi connectivity index (χ1v) is 6.14. The molecular weight excluding hydrogens is 196 g/mol. The van der Waals surface area contributed by atoms with Gasteiger partial charge in [0.05, 0.1) is 0 Å². The highest BCUT2D eigenvalue weighted by Gasteiger charge is 2.12. The van der Waals surface area contributed by atoms with Crippen LogP contribution in [-0.2, 0) is 9.53 Å². The molecule has 0 saturated carbocycles. The fourth-order valence-electron chi connectivity index (χ4n) is 1.40. The molecular formula is C11H22O2S. The third-order valence-corrected chi connectivity index (χ3v) is 2.54. The Morgan fingerprint density at radius 1 is 1.43 bits per heavy atom. The van der Waals surface area contributed by atoms with Crippen LogP contribution in [0, 0.1) is 5.92 Å². The third kappa shape index (κ3) is 7.25. The van der Waals surface area contributed by atoms with E-state index < -0.39 is 0 Å². The molecule has 1 atom stereocenters. The van der Waals surface area contributed by atoms with Gasteiger partial charge in [-0.1, -0.05) is 33.1 Å². The summed E-state index contributed by atoms with van der Waals surface area (Å²) in [6.07, 6.45) is 5.18. The molecule has 0 aromatic heterocycles. The van der Waals surface area contributed by atoms with Gasteiger partial charge in [0.1, 0.15) is 6.61 Å². The maximum absolute atomic E-state index is 11.3. The predicted molar refractivity (Wildman–Crippen MR) is 62.7 cm³/mol. The summed E-state index contributed by atoms with van der Waals surface area (Å²) >= 11 is 3.99. The summed E-state index contributed by atoms with van der Waals surface area (Å²) in [7, 11) is 0. The number of carbonyl (C=O) groups is 1. The van der Waals surface area contributed by atoms with Crippen LogP contribution in [0.4, 0.5) is 0 Å². The Hall–Kier alpha value is -0.180. The highest BCUT2D eigenvalue weighted by molar-refractivity contribution is 7.80. The number of carbonyl (C=O) groups excluding carboxylic acids is 1. The lowest BCUT2D eigenvalue weighted by Crippen LogP contribution is -2.12. The summed E-state index contributed by atoms with van der Waals surface area (Å²) in [4.78, 5) is 11.3. The predicted octanol–water partition coefficient (Wildman–Crippen LogP) is 3.07. The van der Waals surface area contributed by atoms with E-state index in [2.05, 4.69) is 26.5 Å². The Morgan fingerprint density at radius 2 is 2.14 bits per heavy atom. The van der Waals surface area contributed by atoms with Gasteiger partial charge in [0.2, 0.25) is 0 Å². The standard InChI is InChI=1S/C11H22O2S/c1-3-5-6-10(4-2)9-11(12)13-7-8-14/h10,14H,3-9H2,1-2H3. The van der Waals surface area contributed by atoms with Crippen molar-refractivity contribution in [3.05, 3.63) is 0 Å². The highest BCUT2D eigenvalue weighted by atomic mass is 32.1. The Morgan fingerprint density at radius 3 is 2.64 bits per heavy atom. The van der Waals surface area contributed by atoms with E-state index in [1.54, 1.807) is 0 Å². The monoisotopic (exact) mass is 218 g/mol. The van der Waals surface area contributed by atoms with Crippen LogP contribution in [0.25, 0.3) is 0 Å². The lowest BCUT2D eigenvalue weighted by Gasteiger charge is -2.13. The largest absolute Gasteiger partial charge is 0.465 e. The van der Waals surface area contributed by atoms with Crippen LogP contribution in [0.2, 0.25) is 0 Å². The number of rotatable bonds is 8. The van der Waals surface area contributed by atoms with Gasteiger partial charge in [0.15, 0.2) is 0 Å². The number of esters is 1. The van der Waals surface area contributed by atoms with Gasteiger partial charge < -0.3 is 4.74 Å². The van der Waals surface area contributed by atoms with E-state index in [4.69, 9.17) is 4.74 Å². The van der Waals surface area contributed by atoms with Crippen LogP contribution < -0.4 is 0 Å². The van der Waals surface area contributed by atoms with Gasteiger partial charge in [-0.15, -0.1) is 0 Å². The van der Waals surface area contributed by atoms with E-state index in [1.807, 2.05) is 0 Å². The number of thiol groups is 1. The van der Waals surface area contributed by atoms with E-state index in [0.717, 1.165) is 12.8 Å². The van der Waals surface area contributed by atoms with Gasteiger partial charge in [-0.2, -0.15) is 12.6 Å². The molecule has 14 heavy (non-hydrogen) atoms. The summed E-state index contributed by atoms with van der Waals surface area (Å²) in [6.45, 7) is 4.74. The second-order valence-electron chi connectivity index (χ2n) is 3.56. The van der Waals surface area contributed by atoms with Gasteiger partial charge >= 0.3 is 5.97 Å². The van der Waals surface area contributed by atoms with E-state index in [0.29, 0.717) is 24.7 Å². The average molecular weight is 218 g/mol. The molecule has 1 unspecified atom stereocenters. The summed E-state index contributed by atoms with van der Waals surface area (Å²) in [5.74, 6) is 1.04. The summed E-state index contributed by atoms with van der Waals surface area (Å²) in [5, 5.41) is 0. The second-order valence-corrected chi connectivity index (χ2v) is 4.01. The lowest BCUT2D eigenvalue weighted by molar-refractivity contribution is -0.144. The molecule has 0 aromatic rings. The van der Waals surface area contributed by atoms with E-state index in [-0.39, 0.29) is 5.97 Å². The van der Waals surface area contributed by atoms with Crippen molar-refractivity contribution in [2.45, 2.75) is 46.0 Å². The van der Waals surface area contributed by atoms with Crippen LogP contribution in [0.1, 0.15) is 46.0 Å². The van der Waals surface area contributed by atoms with Crippen molar-refractivity contribution < 1.29 is 9.53 Å². The Bertz CT molecular complexity index is 148. The van der Waals surface area contributed by atoms with Crippen molar-refractivity contribution in [2.75, 3.05) is 12.4 Å². The van der Waals surface area contributed by atoms with Crippen LogP contribution in [0.5, 0.6) is 0 Å². The number of unbranched alkanes of at least 4 members (excludes halogenated alkanes) is 1. The molecule has 0 N–H and O–H groups in total. The van der Waals surface area contributed by atoms with Crippen LogP contribution in [0.15, 0.2) is 0 Å². The molecule has 0 bridgehead atoms. The van der Waals surface area contributed by atoms with Gasteiger partial charge in [-0.3, -0.25) is 4.79 Å². The Labute approximate surface area is 92.8 Å². The van der Waals surface area contributed by atoms with Crippen molar-refractivity contribution in [3.63, 3.8) is 0 Å². The first kappa shape index (κ1) is 13.8. The van der Waals surface area contributed by atoms with Gasteiger partial charge in [-0.05, 0) is 12.3 Å². The molecule has 0 spiro atoms. The summed E-state index contributed by atoms with van der Waals surface area (Å²) in [6, 6.07) is 0. The van der Waals surface area contributed by atoms with Crippen LogP contribution in [0.3, 0.4) is 0 Å². The van der Waals surface area contributed by atoms with E-state index >= 15 is 0 Å². The van der Waals surface area contributed by atoms with Crippen LogP contribution >= 0.6 is 12.6 Å². The molecule has 84 valence electrons. The van der Waals surface area contributed by atoms with E-state index in [1.165, 1.54) is 12.8 Å². The molecule has 0 aromatic carbocycles.